The minimum Gasteiger partial charge on any atom is -0.453 e. The quantitative estimate of drug-likeness (QED) is 0.0378. The first-order chi connectivity index (χ1) is 38.4. The summed E-state index contributed by atoms with van der Waals surface area (Å²) in [5.41, 5.74) is -3.23. The fraction of sp³-hybridized carbons (Fsp3) is 0.527. The normalized spacial score (nSPS) is 18.5. The van der Waals surface area contributed by atoms with Crippen LogP contribution in [0.3, 0.4) is 0 Å². The predicted octanol–water partition coefficient (Wildman–Crippen LogP) is 8.02. The SMILES string of the molecule is COC(=O)N[C@H](C(=O)C[C@@H](Cc1ccc(C#Cc2cnc(N3CC4CCC(C3)N4C3COC3)c(C)c2)cc1)[C@@H](O)CN(Cc1c(F)cc(-c2ccn(C(F)F)n2)cc1F)NC(=O)[C@@H](NC(=O)OC)C(C)(C)C(F)(F)F)C(C)(C)C(F)(F)F. The van der Waals surface area contributed by atoms with Crippen molar-refractivity contribution in [3.8, 4) is 23.1 Å². The number of ether oxygens (including phenoxy) is 3. The molecule has 5 heterocycles. The summed E-state index contributed by atoms with van der Waals surface area (Å²) in [6, 6.07) is 6.91. The summed E-state index contributed by atoms with van der Waals surface area (Å²) in [7, 11) is 1.63. The third-order valence-corrected chi connectivity index (χ3v) is 15.4. The fourth-order valence-corrected chi connectivity index (χ4v) is 10.3. The smallest absolute Gasteiger partial charge is 0.407 e. The van der Waals surface area contributed by atoms with E-state index >= 15 is 8.78 Å². The second kappa shape index (κ2) is 25.2. The zero-order chi connectivity index (χ0) is 60.2. The van der Waals surface area contributed by atoms with Crippen LogP contribution in [-0.4, -0.2) is 149 Å². The van der Waals surface area contributed by atoms with Crippen LogP contribution in [0.5, 0.6) is 0 Å². The van der Waals surface area contributed by atoms with Crippen LogP contribution in [0.15, 0.2) is 60.9 Å². The van der Waals surface area contributed by atoms with Gasteiger partial charge in [-0.2, -0.15) is 40.2 Å². The maximum absolute atomic E-state index is 16.1. The van der Waals surface area contributed by atoms with Crippen molar-refractivity contribution in [2.45, 2.75) is 122 Å². The van der Waals surface area contributed by atoms with E-state index in [1.807, 2.05) is 18.3 Å². The van der Waals surface area contributed by atoms with Crippen LogP contribution in [0, 0.1) is 47.1 Å². The Hall–Kier alpha value is -7.02. The molecule has 82 heavy (non-hydrogen) atoms. The lowest BCUT2D eigenvalue weighted by molar-refractivity contribution is -0.221. The second-order valence-corrected chi connectivity index (χ2v) is 21.8. The molecule has 3 aliphatic heterocycles. The van der Waals surface area contributed by atoms with Crippen LogP contribution < -0.4 is 21.0 Å². The predicted molar refractivity (Wildman–Crippen MR) is 275 cm³/mol. The number of aryl methyl sites for hydroxylation is 1. The molecule has 7 rings (SSSR count). The van der Waals surface area contributed by atoms with Gasteiger partial charge in [-0.15, -0.1) is 0 Å². The summed E-state index contributed by atoms with van der Waals surface area (Å²) in [5, 5.41) is 20.0. The van der Waals surface area contributed by atoms with Gasteiger partial charge >= 0.3 is 31.1 Å². The minimum absolute atomic E-state index is 0.205. The summed E-state index contributed by atoms with van der Waals surface area (Å²) in [5.74, 6) is -0.287. The molecule has 0 spiro atoms. The molecule has 446 valence electrons. The molecule has 27 heteroatoms. The Morgan fingerprint density at radius 1 is 0.817 bits per heavy atom. The van der Waals surface area contributed by atoms with Crippen LogP contribution in [0.25, 0.3) is 11.3 Å². The number of amides is 3. The zero-order valence-corrected chi connectivity index (χ0v) is 45.7. The molecule has 17 nitrogen and oxygen atoms in total. The molecule has 2 bridgehead atoms. The number of hydrazine groups is 1. The first-order valence-electron chi connectivity index (χ1n) is 26.0. The molecule has 0 radical (unpaired) electrons. The Kier molecular flexibility index (Phi) is 19.3. The first kappa shape index (κ1) is 62.6. The van der Waals surface area contributed by atoms with Crippen LogP contribution in [-0.2, 0) is 36.8 Å². The standard InChI is InChI=1S/C55H63F10N9O8/c1-30-18-33(23-66-47(30)71-24-36-14-15-37(25-71)74(36)38-28-82-29-38)13-10-31-8-11-32(12-9-31)19-35(22-43(75)45(67-50(78)80-6)52(2,3)54(60,61)62)44(76)27-72(70-48(77)46(68-51(79)81-7)53(4,5)55(63,64)65)26-39-40(56)20-34(21-41(39)57)42-16-17-73(69-42)49(58)59/h8-9,11-12,16-18,20-21,23,35-38,44-46,49,76H,14-15,19,22,24-29H2,1-7H3,(H,67,78)(H,68,79)(H,70,77)/t35-,36?,37?,44+,45-,46-/m1/s1. The number of pyridine rings is 1. The van der Waals surface area contributed by atoms with Gasteiger partial charge in [-0.1, -0.05) is 24.0 Å². The molecular weight excluding hydrogens is 1100 g/mol. The number of aliphatic hydroxyl groups is 1. The Balaban J connectivity index is 1.19. The highest BCUT2D eigenvalue weighted by atomic mass is 19.4. The fourth-order valence-electron chi connectivity index (χ4n) is 10.3. The van der Waals surface area contributed by atoms with Gasteiger partial charge in [-0.05, 0) is 107 Å². The molecule has 2 aromatic heterocycles. The van der Waals surface area contributed by atoms with E-state index in [4.69, 9.17) is 9.72 Å². The van der Waals surface area contributed by atoms with Gasteiger partial charge in [0.2, 0.25) is 0 Å². The summed E-state index contributed by atoms with van der Waals surface area (Å²) in [6.07, 6.45) is -12.0. The Morgan fingerprint density at radius 3 is 1.89 bits per heavy atom. The highest BCUT2D eigenvalue weighted by Crippen LogP contribution is 2.43. The largest absolute Gasteiger partial charge is 0.453 e. The summed E-state index contributed by atoms with van der Waals surface area (Å²) in [6.45, 7) is 2.21. The highest BCUT2D eigenvalue weighted by Gasteiger charge is 2.57. The number of hydrogen-bond donors (Lipinski definition) is 4. The summed E-state index contributed by atoms with van der Waals surface area (Å²) >= 11 is 0. The van der Waals surface area contributed by atoms with Crippen molar-refractivity contribution in [2.24, 2.45) is 16.7 Å². The lowest BCUT2D eigenvalue weighted by atomic mass is 9.77. The monoisotopic (exact) mass is 1170 g/mol. The number of aliphatic hydroxyl groups excluding tert-OH is 1. The third-order valence-electron chi connectivity index (χ3n) is 15.4. The average Bonchev–Trinajstić information content (AvgIpc) is 4.20. The van der Waals surface area contributed by atoms with E-state index in [-0.39, 0.29) is 22.4 Å². The topological polar surface area (TPSA) is 193 Å². The molecule has 3 saturated heterocycles. The molecule has 2 unspecified atom stereocenters. The van der Waals surface area contributed by atoms with Crippen LogP contribution in [0.1, 0.15) is 81.3 Å². The number of hydrogen-bond acceptors (Lipinski definition) is 13. The number of nitrogens with one attached hydrogen (secondary N) is 3. The lowest BCUT2D eigenvalue weighted by Crippen LogP contribution is -2.62. The van der Waals surface area contributed by atoms with Gasteiger partial charge in [0.25, 0.3) is 5.91 Å². The molecule has 4 N–H and O–H groups in total. The highest BCUT2D eigenvalue weighted by molar-refractivity contribution is 5.89. The molecule has 0 saturated carbocycles. The van der Waals surface area contributed by atoms with Gasteiger partial charge < -0.3 is 34.9 Å². The Labute approximate surface area is 466 Å². The number of carbonyl (C=O) groups excluding carboxylic acids is 4. The van der Waals surface area contributed by atoms with Gasteiger partial charge in [-0.3, -0.25) is 19.9 Å². The van der Waals surface area contributed by atoms with E-state index in [1.54, 1.807) is 23.6 Å². The first-order valence-corrected chi connectivity index (χ1v) is 26.0. The molecular formula is C55H63F10N9O8. The van der Waals surface area contributed by atoms with Crippen molar-refractivity contribution in [2.75, 3.05) is 52.0 Å². The number of halogens is 10. The minimum atomic E-state index is -5.22. The van der Waals surface area contributed by atoms with Crippen molar-refractivity contribution in [1.29, 1.82) is 0 Å². The second-order valence-electron chi connectivity index (χ2n) is 21.8. The van der Waals surface area contributed by atoms with Crippen LogP contribution in [0.4, 0.5) is 59.3 Å². The number of Topliss-reactive ketones (excluding diaryl/α,β-unsaturated/α-hetero) is 1. The number of rotatable bonds is 20. The maximum Gasteiger partial charge on any atom is 0.407 e. The molecule has 4 aromatic rings. The number of ketones is 1. The molecule has 6 atom stereocenters. The van der Waals surface area contributed by atoms with Crippen LogP contribution >= 0.6 is 0 Å². The number of piperazine rings is 1. The van der Waals surface area contributed by atoms with Crippen molar-refractivity contribution in [3.63, 3.8) is 0 Å². The van der Waals surface area contributed by atoms with Gasteiger partial charge in [-0.25, -0.2) is 33.0 Å². The summed E-state index contributed by atoms with van der Waals surface area (Å²) in [4.78, 5) is 62.8. The van der Waals surface area contributed by atoms with Gasteiger partial charge in [0.1, 0.15) is 29.5 Å². The van der Waals surface area contributed by atoms with Crippen molar-refractivity contribution < 1.29 is 82.4 Å². The third kappa shape index (κ3) is 14.2. The van der Waals surface area contributed by atoms with E-state index in [9.17, 15) is 59.4 Å². The molecule has 2 aromatic carbocycles. The van der Waals surface area contributed by atoms with E-state index < -0.39 is 114 Å². The van der Waals surface area contributed by atoms with Crippen LogP contribution in [0.2, 0.25) is 0 Å². The van der Waals surface area contributed by atoms with Crippen molar-refractivity contribution >= 4 is 29.7 Å². The molecule has 0 aliphatic carbocycles. The number of aromatic nitrogens is 3. The van der Waals surface area contributed by atoms with E-state index in [0.717, 1.165) is 77.0 Å². The van der Waals surface area contributed by atoms with Crippen molar-refractivity contribution in [1.82, 2.24) is 40.7 Å². The van der Waals surface area contributed by atoms with E-state index in [1.165, 1.54) is 12.1 Å². The number of alkyl carbamates (subject to hydrolysis) is 2. The number of alkyl halides is 8. The van der Waals surface area contributed by atoms with Gasteiger partial charge in [0.15, 0.2) is 5.78 Å². The molecule has 3 amide bonds. The number of methoxy groups -OCH3 is 2. The molecule has 3 aliphatic rings. The number of benzene rings is 2. The Morgan fingerprint density at radius 2 is 1.38 bits per heavy atom. The number of carbonyl (C=O) groups is 4. The number of fused-ring (bicyclic) bond motifs is 2. The molecule has 3 fully saturated rings. The number of nitrogens with zero attached hydrogens (tertiary/aromatic N) is 6. The lowest BCUT2D eigenvalue weighted by Gasteiger charge is -2.48. The zero-order valence-electron chi connectivity index (χ0n) is 45.7. The van der Waals surface area contributed by atoms with Crippen molar-refractivity contribution in [3.05, 3.63) is 100 Å². The average molecular weight is 1170 g/mol. The summed E-state index contributed by atoms with van der Waals surface area (Å²) < 4.78 is 161. The van der Waals surface area contributed by atoms with Gasteiger partial charge in [0, 0.05) is 79.3 Å². The van der Waals surface area contributed by atoms with Gasteiger partial charge in [0.05, 0.1) is 56.1 Å². The van der Waals surface area contributed by atoms with E-state index in [2.05, 4.69) is 41.6 Å². The number of anilines is 1. The van der Waals surface area contributed by atoms with E-state index in [0.29, 0.717) is 79.7 Å². The maximum atomic E-state index is 16.1. The Bertz CT molecular complexity index is 2980.